The lowest BCUT2D eigenvalue weighted by molar-refractivity contribution is -0.123. The van der Waals surface area contributed by atoms with Crippen molar-refractivity contribution in [2.75, 3.05) is 26.2 Å². The van der Waals surface area contributed by atoms with Gasteiger partial charge in [0.25, 0.3) is 0 Å². The smallest absolute Gasteiger partial charge is 0.234 e. The minimum atomic E-state index is 0.172. The van der Waals surface area contributed by atoms with E-state index in [1.165, 1.54) is 12.8 Å². The summed E-state index contributed by atoms with van der Waals surface area (Å²) < 4.78 is 0. The Morgan fingerprint density at radius 2 is 2.11 bits per heavy atom. The fourth-order valence-electron chi connectivity index (χ4n) is 2.58. The van der Waals surface area contributed by atoms with Gasteiger partial charge in [-0.15, -0.1) is 0 Å². The van der Waals surface area contributed by atoms with E-state index in [1.54, 1.807) is 0 Å². The number of carbonyl (C=O) groups is 1. The molecule has 0 aromatic rings. The van der Waals surface area contributed by atoms with E-state index >= 15 is 0 Å². The molecule has 0 radical (unpaired) electrons. The third kappa shape index (κ3) is 7.53. The van der Waals surface area contributed by atoms with Gasteiger partial charge in [0.05, 0.1) is 6.54 Å². The molecule has 1 amide bonds. The van der Waals surface area contributed by atoms with Crippen LogP contribution in [0, 0.1) is 5.92 Å². The van der Waals surface area contributed by atoms with Gasteiger partial charge in [-0.05, 0) is 26.2 Å². The van der Waals surface area contributed by atoms with E-state index in [1.807, 2.05) is 0 Å². The molecule has 1 fully saturated rings. The van der Waals surface area contributed by atoms with Gasteiger partial charge in [0.2, 0.25) is 5.91 Å². The van der Waals surface area contributed by atoms with Crippen molar-refractivity contribution in [1.82, 2.24) is 15.5 Å². The molecule has 0 aromatic heterocycles. The predicted molar refractivity (Wildman–Crippen MR) is 80.2 cm³/mol. The van der Waals surface area contributed by atoms with Gasteiger partial charge >= 0.3 is 0 Å². The molecule has 1 aliphatic rings. The van der Waals surface area contributed by atoms with Gasteiger partial charge in [0.15, 0.2) is 0 Å². The molecule has 0 aliphatic carbocycles. The van der Waals surface area contributed by atoms with Gasteiger partial charge in [-0.1, -0.05) is 26.7 Å². The van der Waals surface area contributed by atoms with Gasteiger partial charge in [0, 0.05) is 31.7 Å². The van der Waals surface area contributed by atoms with E-state index in [9.17, 15) is 4.79 Å². The highest BCUT2D eigenvalue weighted by atomic mass is 16.2. The maximum absolute atomic E-state index is 12.0. The monoisotopic (exact) mass is 269 g/mol. The maximum Gasteiger partial charge on any atom is 0.234 e. The zero-order valence-corrected chi connectivity index (χ0v) is 13.0. The number of carbonyl (C=O) groups excluding carboxylic acids is 1. The third-order valence-electron chi connectivity index (χ3n) is 3.65. The van der Waals surface area contributed by atoms with Crippen molar-refractivity contribution < 1.29 is 4.79 Å². The molecule has 1 aliphatic heterocycles. The summed E-state index contributed by atoms with van der Waals surface area (Å²) in [4.78, 5) is 14.2. The van der Waals surface area contributed by atoms with Crippen LogP contribution >= 0.6 is 0 Å². The average molecular weight is 269 g/mol. The fourth-order valence-corrected chi connectivity index (χ4v) is 2.58. The molecular weight excluding hydrogens is 238 g/mol. The van der Waals surface area contributed by atoms with Crippen LogP contribution in [0.1, 0.15) is 47.0 Å². The van der Waals surface area contributed by atoms with Gasteiger partial charge < -0.3 is 10.6 Å². The third-order valence-corrected chi connectivity index (χ3v) is 3.65. The maximum atomic E-state index is 12.0. The van der Waals surface area contributed by atoms with E-state index in [4.69, 9.17) is 0 Å². The zero-order valence-electron chi connectivity index (χ0n) is 13.0. The van der Waals surface area contributed by atoms with Crippen molar-refractivity contribution in [2.45, 2.75) is 59.0 Å². The van der Waals surface area contributed by atoms with Gasteiger partial charge in [-0.25, -0.2) is 0 Å². The Morgan fingerprint density at radius 3 is 2.74 bits per heavy atom. The van der Waals surface area contributed by atoms with Crippen molar-refractivity contribution >= 4 is 5.91 Å². The Labute approximate surface area is 118 Å². The normalized spacial score (nSPS) is 22.5. The summed E-state index contributed by atoms with van der Waals surface area (Å²) in [6.07, 6.45) is 3.53. The minimum Gasteiger partial charge on any atom is -0.353 e. The van der Waals surface area contributed by atoms with Crippen LogP contribution in [0.15, 0.2) is 0 Å². The molecule has 4 heteroatoms. The van der Waals surface area contributed by atoms with E-state index in [0.717, 1.165) is 32.0 Å². The summed E-state index contributed by atoms with van der Waals surface area (Å²) in [5.74, 6) is 0.927. The highest BCUT2D eigenvalue weighted by molar-refractivity contribution is 5.78. The number of nitrogens with one attached hydrogen (secondary N) is 2. The Balaban J connectivity index is 2.15. The summed E-state index contributed by atoms with van der Waals surface area (Å²) >= 11 is 0. The lowest BCUT2D eigenvalue weighted by Crippen LogP contribution is -2.52. The van der Waals surface area contributed by atoms with Crippen molar-refractivity contribution in [3.8, 4) is 0 Å². The first-order valence-electron chi connectivity index (χ1n) is 7.72. The van der Waals surface area contributed by atoms with Crippen LogP contribution in [0.4, 0.5) is 0 Å². The van der Waals surface area contributed by atoms with Crippen LogP contribution in [0.3, 0.4) is 0 Å². The van der Waals surface area contributed by atoms with Crippen LogP contribution in [-0.2, 0) is 4.79 Å². The number of amides is 1. The first-order valence-corrected chi connectivity index (χ1v) is 7.72. The zero-order chi connectivity index (χ0) is 14.3. The van der Waals surface area contributed by atoms with Crippen LogP contribution < -0.4 is 10.6 Å². The van der Waals surface area contributed by atoms with E-state index in [2.05, 4.69) is 43.2 Å². The summed E-state index contributed by atoms with van der Waals surface area (Å²) in [5.41, 5.74) is 0. The Hall–Kier alpha value is -0.610. The van der Waals surface area contributed by atoms with Crippen LogP contribution in [-0.4, -0.2) is 49.1 Å². The molecule has 0 saturated carbocycles. The Morgan fingerprint density at radius 1 is 1.37 bits per heavy atom. The van der Waals surface area contributed by atoms with Crippen LogP contribution in [0.5, 0.6) is 0 Å². The van der Waals surface area contributed by atoms with Crippen LogP contribution in [0.25, 0.3) is 0 Å². The van der Waals surface area contributed by atoms with Crippen molar-refractivity contribution in [1.29, 1.82) is 0 Å². The lowest BCUT2D eigenvalue weighted by atomic mass is 10.0. The first-order chi connectivity index (χ1) is 8.97. The van der Waals surface area contributed by atoms with Gasteiger partial charge in [-0.3, -0.25) is 9.69 Å². The summed E-state index contributed by atoms with van der Waals surface area (Å²) in [5, 5.41) is 6.51. The summed E-state index contributed by atoms with van der Waals surface area (Å²) in [7, 11) is 0. The van der Waals surface area contributed by atoms with Crippen molar-refractivity contribution in [3.05, 3.63) is 0 Å². The summed E-state index contributed by atoms with van der Waals surface area (Å²) in [6, 6.07) is 0.789. The van der Waals surface area contributed by atoms with Crippen molar-refractivity contribution in [2.24, 2.45) is 5.92 Å². The molecule has 0 spiro atoms. The fraction of sp³-hybridized carbons (Fsp3) is 0.933. The highest BCUT2D eigenvalue weighted by Crippen LogP contribution is 2.08. The largest absolute Gasteiger partial charge is 0.353 e. The summed E-state index contributed by atoms with van der Waals surface area (Å²) in [6.45, 7) is 12.2. The topological polar surface area (TPSA) is 44.4 Å². The first kappa shape index (κ1) is 16.4. The molecular formula is C15H31N3O. The quantitative estimate of drug-likeness (QED) is 0.738. The van der Waals surface area contributed by atoms with Gasteiger partial charge in [-0.2, -0.15) is 0 Å². The number of hydrogen-bond acceptors (Lipinski definition) is 3. The molecule has 0 aromatic carbocycles. The lowest BCUT2D eigenvalue weighted by Gasteiger charge is -2.31. The Kier molecular flexibility index (Phi) is 7.39. The number of nitrogens with zero attached hydrogens (tertiary/aromatic N) is 1. The number of hydrogen-bond donors (Lipinski definition) is 2. The molecule has 112 valence electrons. The second kappa shape index (κ2) is 8.54. The molecule has 19 heavy (non-hydrogen) atoms. The molecule has 1 unspecified atom stereocenters. The number of rotatable bonds is 7. The molecule has 2 atom stereocenters. The highest BCUT2D eigenvalue weighted by Gasteiger charge is 2.18. The van der Waals surface area contributed by atoms with Crippen LogP contribution in [0.2, 0.25) is 0 Å². The minimum absolute atomic E-state index is 0.172. The molecule has 1 rings (SSSR count). The molecule has 2 N–H and O–H groups in total. The second-order valence-electron chi connectivity index (χ2n) is 6.38. The standard InChI is InChI=1S/C15H31N3O/c1-12(2)6-5-7-13(3)17-15(19)11-18-9-8-16-14(4)10-18/h12-14,16H,5-11H2,1-4H3,(H,17,19)/t13?,14-/m1/s1. The predicted octanol–water partition coefficient (Wildman–Crippen LogP) is 1.61. The average Bonchev–Trinajstić information content (AvgIpc) is 2.27. The molecule has 1 heterocycles. The van der Waals surface area contributed by atoms with E-state index in [0.29, 0.717) is 18.6 Å². The number of piperazine rings is 1. The SMILES string of the molecule is CC(C)CCCC(C)NC(=O)CN1CCN[C@H](C)C1. The van der Waals surface area contributed by atoms with E-state index in [-0.39, 0.29) is 5.91 Å². The molecule has 4 nitrogen and oxygen atoms in total. The van der Waals surface area contributed by atoms with E-state index < -0.39 is 0 Å². The van der Waals surface area contributed by atoms with Crippen molar-refractivity contribution in [3.63, 3.8) is 0 Å². The molecule has 1 saturated heterocycles. The Bertz CT molecular complexity index is 268. The molecule has 0 bridgehead atoms. The van der Waals surface area contributed by atoms with Gasteiger partial charge in [0.1, 0.15) is 0 Å². The second-order valence-corrected chi connectivity index (χ2v) is 6.38.